The Hall–Kier alpha value is -0.810. The van der Waals surface area contributed by atoms with E-state index in [0.29, 0.717) is 12.5 Å². The third-order valence-corrected chi connectivity index (χ3v) is 6.08. The van der Waals surface area contributed by atoms with Gasteiger partial charge in [0.25, 0.3) is 0 Å². The lowest BCUT2D eigenvalue weighted by molar-refractivity contribution is -0.137. The van der Waals surface area contributed by atoms with Crippen LogP contribution in [0.15, 0.2) is 0 Å². The first kappa shape index (κ1) is 19.5. The first-order valence-corrected chi connectivity index (χ1v) is 9.50. The highest BCUT2D eigenvalue weighted by molar-refractivity contribution is 5.85. The molecule has 3 fully saturated rings. The second kappa shape index (κ2) is 9.04. The molecule has 1 atom stereocenters. The third kappa shape index (κ3) is 4.42. The van der Waals surface area contributed by atoms with Crippen molar-refractivity contribution in [1.29, 1.82) is 0 Å². The zero-order valence-electron chi connectivity index (χ0n) is 14.5. The number of halogens is 1. The molecule has 24 heavy (non-hydrogen) atoms. The molecule has 0 bridgehead atoms. The minimum atomic E-state index is 0. The molecular formula is C18H32ClN3O2. The third-order valence-electron chi connectivity index (χ3n) is 6.08. The number of hydrogen-bond acceptors (Lipinski definition) is 3. The Morgan fingerprint density at radius 2 is 1.58 bits per heavy atom. The van der Waals surface area contributed by atoms with Crippen LogP contribution in [-0.2, 0) is 9.59 Å². The molecule has 1 saturated heterocycles. The Labute approximate surface area is 151 Å². The number of nitrogens with one attached hydrogen (secondary N) is 1. The Morgan fingerprint density at radius 1 is 0.917 bits per heavy atom. The molecule has 0 spiro atoms. The van der Waals surface area contributed by atoms with Crippen LogP contribution in [0.1, 0.15) is 64.2 Å². The Morgan fingerprint density at radius 3 is 2.21 bits per heavy atom. The highest BCUT2D eigenvalue weighted by Crippen LogP contribution is 2.30. The van der Waals surface area contributed by atoms with Crippen molar-refractivity contribution >= 4 is 24.2 Å². The van der Waals surface area contributed by atoms with Gasteiger partial charge in [-0.1, -0.05) is 12.8 Å². The second-order valence-electron chi connectivity index (χ2n) is 7.60. The molecule has 2 amide bonds. The monoisotopic (exact) mass is 357 g/mol. The highest BCUT2D eigenvalue weighted by atomic mass is 35.5. The van der Waals surface area contributed by atoms with Crippen LogP contribution in [0.4, 0.5) is 0 Å². The van der Waals surface area contributed by atoms with Crippen molar-refractivity contribution in [3.63, 3.8) is 0 Å². The molecule has 1 heterocycles. The van der Waals surface area contributed by atoms with Gasteiger partial charge in [0.05, 0.1) is 0 Å². The molecule has 3 aliphatic rings. The van der Waals surface area contributed by atoms with E-state index in [4.69, 9.17) is 5.73 Å². The second-order valence-corrected chi connectivity index (χ2v) is 7.60. The van der Waals surface area contributed by atoms with Gasteiger partial charge in [-0.05, 0) is 51.4 Å². The lowest BCUT2D eigenvalue weighted by Gasteiger charge is -2.33. The summed E-state index contributed by atoms with van der Waals surface area (Å²) >= 11 is 0. The summed E-state index contributed by atoms with van der Waals surface area (Å²) in [6.07, 6.45) is 10.3. The summed E-state index contributed by atoms with van der Waals surface area (Å²) in [5.74, 6) is 0.935. The van der Waals surface area contributed by atoms with Crippen molar-refractivity contribution in [3.05, 3.63) is 0 Å². The molecule has 6 heteroatoms. The maximum absolute atomic E-state index is 12.7. The maximum Gasteiger partial charge on any atom is 0.225 e. The zero-order valence-corrected chi connectivity index (χ0v) is 15.4. The Kier molecular flexibility index (Phi) is 7.35. The van der Waals surface area contributed by atoms with Crippen LogP contribution < -0.4 is 11.1 Å². The molecule has 5 nitrogen and oxygen atoms in total. The smallest absolute Gasteiger partial charge is 0.225 e. The van der Waals surface area contributed by atoms with E-state index in [1.54, 1.807) is 0 Å². The number of nitrogens with zero attached hydrogens (tertiary/aromatic N) is 1. The molecular weight excluding hydrogens is 326 g/mol. The van der Waals surface area contributed by atoms with Crippen molar-refractivity contribution < 1.29 is 9.59 Å². The predicted molar refractivity (Wildman–Crippen MR) is 96.9 cm³/mol. The predicted octanol–water partition coefficient (Wildman–Crippen LogP) is 2.22. The lowest BCUT2D eigenvalue weighted by atomic mass is 9.84. The molecule has 0 aromatic heterocycles. The SMILES string of the molecule is Cl.NCC1CCCN1C(=O)C1CCC(NC(=O)C2CCCC2)CC1. The molecule has 1 unspecified atom stereocenters. The van der Waals surface area contributed by atoms with Gasteiger partial charge < -0.3 is 16.0 Å². The largest absolute Gasteiger partial charge is 0.353 e. The minimum absolute atomic E-state index is 0. The van der Waals surface area contributed by atoms with Crippen LogP contribution in [0, 0.1) is 11.8 Å². The van der Waals surface area contributed by atoms with Gasteiger partial charge in [-0.2, -0.15) is 0 Å². The van der Waals surface area contributed by atoms with Gasteiger partial charge >= 0.3 is 0 Å². The average molecular weight is 358 g/mol. The summed E-state index contributed by atoms with van der Waals surface area (Å²) in [7, 11) is 0. The molecule has 1 aliphatic heterocycles. The zero-order chi connectivity index (χ0) is 16.2. The van der Waals surface area contributed by atoms with Crippen molar-refractivity contribution in [2.45, 2.75) is 76.3 Å². The van der Waals surface area contributed by atoms with Crippen LogP contribution >= 0.6 is 12.4 Å². The number of nitrogens with two attached hydrogens (primary N) is 1. The van der Waals surface area contributed by atoms with Gasteiger partial charge in [0.1, 0.15) is 0 Å². The number of amides is 2. The molecule has 2 aliphatic carbocycles. The summed E-state index contributed by atoms with van der Waals surface area (Å²) in [5, 5.41) is 3.23. The molecule has 2 saturated carbocycles. The van der Waals surface area contributed by atoms with Gasteiger partial charge in [-0.25, -0.2) is 0 Å². The van der Waals surface area contributed by atoms with E-state index < -0.39 is 0 Å². The maximum atomic E-state index is 12.7. The molecule has 3 N–H and O–H groups in total. The van der Waals surface area contributed by atoms with Crippen molar-refractivity contribution in [2.75, 3.05) is 13.1 Å². The number of likely N-dealkylation sites (tertiary alicyclic amines) is 1. The lowest BCUT2D eigenvalue weighted by Crippen LogP contribution is -2.46. The van der Waals surface area contributed by atoms with Gasteiger partial charge in [-0.15, -0.1) is 12.4 Å². The Balaban J connectivity index is 0.00000208. The highest BCUT2D eigenvalue weighted by Gasteiger charge is 2.35. The fourth-order valence-electron chi connectivity index (χ4n) is 4.60. The number of rotatable bonds is 4. The van der Waals surface area contributed by atoms with E-state index >= 15 is 0 Å². The molecule has 0 aromatic carbocycles. The Bertz CT molecular complexity index is 432. The van der Waals surface area contributed by atoms with E-state index in [2.05, 4.69) is 5.32 Å². The van der Waals surface area contributed by atoms with Crippen molar-refractivity contribution in [2.24, 2.45) is 17.6 Å². The summed E-state index contributed by atoms with van der Waals surface area (Å²) in [6, 6.07) is 0.526. The van der Waals surface area contributed by atoms with E-state index in [0.717, 1.165) is 57.9 Å². The van der Waals surface area contributed by atoms with Gasteiger partial charge in [0, 0.05) is 37.0 Å². The van der Waals surface area contributed by atoms with E-state index in [-0.39, 0.29) is 42.2 Å². The van der Waals surface area contributed by atoms with E-state index in [1.165, 1.54) is 12.8 Å². The van der Waals surface area contributed by atoms with Crippen LogP contribution in [0.2, 0.25) is 0 Å². The quantitative estimate of drug-likeness (QED) is 0.810. The normalized spacial score (nSPS) is 30.9. The summed E-state index contributed by atoms with van der Waals surface area (Å²) in [5.41, 5.74) is 5.79. The first-order valence-electron chi connectivity index (χ1n) is 9.50. The molecule has 0 radical (unpaired) electrons. The summed E-state index contributed by atoms with van der Waals surface area (Å²) in [6.45, 7) is 1.46. The van der Waals surface area contributed by atoms with Crippen molar-refractivity contribution in [1.82, 2.24) is 10.2 Å². The fraction of sp³-hybridized carbons (Fsp3) is 0.889. The van der Waals surface area contributed by atoms with Crippen LogP contribution in [0.3, 0.4) is 0 Å². The van der Waals surface area contributed by atoms with Gasteiger partial charge in [0.2, 0.25) is 11.8 Å². The molecule has 0 aromatic rings. The van der Waals surface area contributed by atoms with E-state index in [1.807, 2.05) is 4.90 Å². The standard InChI is InChI=1S/C18H31N3O2.ClH/c19-12-16-6-3-11-21(16)18(23)14-7-9-15(10-8-14)20-17(22)13-4-1-2-5-13;/h13-16H,1-12,19H2,(H,20,22);1H. The average Bonchev–Trinajstić information content (AvgIpc) is 3.26. The number of carbonyl (C=O) groups is 2. The number of hydrogen-bond donors (Lipinski definition) is 2. The number of carbonyl (C=O) groups excluding carboxylic acids is 2. The van der Waals surface area contributed by atoms with Gasteiger partial charge in [-0.3, -0.25) is 9.59 Å². The van der Waals surface area contributed by atoms with Gasteiger partial charge in [0.15, 0.2) is 0 Å². The summed E-state index contributed by atoms with van der Waals surface area (Å²) in [4.78, 5) is 26.9. The topological polar surface area (TPSA) is 75.4 Å². The minimum Gasteiger partial charge on any atom is -0.353 e. The van der Waals surface area contributed by atoms with E-state index in [9.17, 15) is 9.59 Å². The first-order chi connectivity index (χ1) is 11.2. The van der Waals surface area contributed by atoms with Crippen LogP contribution in [0.5, 0.6) is 0 Å². The van der Waals surface area contributed by atoms with Crippen molar-refractivity contribution in [3.8, 4) is 0 Å². The van der Waals surface area contributed by atoms with Crippen LogP contribution in [-0.4, -0.2) is 41.9 Å². The summed E-state index contributed by atoms with van der Waals surface area (Å²) < 4.78 is 0. The molecule has 3 rings (SSSR count). The fourth-order valence-corrected chi connectivity index (χ4v) is 4.60. The van der Waals surface area contributed by atoms with Crippen LogP contribution in [0.25, 0.3) is 0 Å². The molecule has 138 valence electrons.